The van der Waals surface area contributed by atoms with E-state index in [4.69, 9.17) is 0 Å². The second-order valence-corrected chi connectivity index (χ2v) is 7.58. The Morgan fingerprint density at radius 2 is 2.20 bits per heavy atom. The van der Waals surface area contributed by atoms with E-state index in [1.165, 1.54) is 35.5 Å². The van der Waals surface area contributed by atoms with Crippen LogP contribution in [0.4, 0.5) is 14.5 Å². The maximum absolute atomic E-state index is 13.1. The Kier molecular flexibility index (Phi) is 2.82. The summed E-state index contributed by atoms with van der Waals surface area (Å²) in [5, 5.41) is 6.58. The van der Waals surface area contributed by atoms with Crippen molar-refractivity contribution in [3.63, 3.8) is 0 Å². The molecule has 5 rings (SSSR count). The number of alkyl halides is 2. The lowest BCUT2D eigenvalue weighted by Crippen LogP contribution is -2.33. The van der Waals surface area contributed by atoms with Crippen LogP contribution < -0.4 is 5.32 Å². The third-order valence-corrected chi connectivity index (χ3v) is 6.68. The summed E-state index contributed by atoms with van der Waals surface area (Å²) in [5.41, 5.74) is 3.13. The number of nitrogens with one attached hydrogen (secondary N) is 1. The highest BCUT2D eigenvalue weighted by molar-refractivity contribution is 6.05. The van der Waals surface area contributed by atoms with Crippen LogP contribution in [0.2, 0.25) is 0 Å². The summed E-state index contributed by atoms with van der Waals surface area (Å²) < 4.78 is 27.5. The van der Waals surface area contributed by atoms with Crippen molar-refractivity contribution in [3.05, 3.63) is 46.8 Å². The zero-order valence-corrected chi connectivity index (χ0v) is 14.1. The Labute approximate surface area is 144 Å². The Bertz CT molecular complexity index is 906. The highest BCUT2D eigenvalue weighted by Crippen LogP contribution is 2.81. The molecule has 4 unspecified atom stereocenters. The third kappa shape index (κ3) is 1.70. The molecule has 130 valence electrons. The average molecular weight is 343 g/mol. The van der Waals surface area contributed by atoms with Crippen molar-refractivity contribution < 1.29 is 13.6 Å². The van der Waals surface area contributed by atoms with Gasteiger partial charge in [0.05, 0.1) is 5.56 Å². The second-order valence-electron chi connectivity index (χ2n) is 7.58. The van der Waals surface area contributed by atoms with Crippen molar-refractivity contribution in [2.45, 2.75) is 37.5 Å². The molecule has 1 spiro atoms. The lowest BCUT2D eigenvalue weighted by Gasteiger charge is -2.41. The highest BCUT2D eigenvalue weighted by Gasteiger charge is 2.75. The first-order valence-corrected chi connectivity index (χ1v) is 8.72. The van der Waals surface area contributed by atoms with Gasteiger partial charge in [-0.25, -0.2) is 8.78 Å². The number of benzene rings is 1. The van der Waals surface area contributed by atoms with E-state index in [1.807, 2.05) is 12.1 Å². The van der Waals surface area contributed by atoms with E-state index >= 15 is 0 Å². The zero-order valence-electron chi connectivity index (χ0n) is 14.1. The van der Waals surface area contributed by atoms with Crippen LogP contribution in [0.1, 0.15) is 59.3 Å². The second kappa shape index (κ2) is 4.68. The van der Waals surface area contributed by atoms with Gasteiger partial charge in [0, 0.05) is 24.3 Å². The number of nitrogens with zero attached hydrogens (tertiary/aromatic N) is 2. The number of halogens is 2. The predicted octanol–water partition coefficient (Wildman–Crippen LogP) is 4.00. The molecule has 4 atom stereocenters. The van der Waals surface area contributed by atoms with Crippen molar-refractivity contribution in [2.75, 3.05) is 5.32 Å². The molecule has 3 aliphatic rings. The van der Waals surface area contributed by atoms with E-state index in [1.54, 1.807) is 0 Å². The smallest absolute Gasteiger partial charge is 0.282 e. The number of fused-ring (bicyclic) bond motifs is 2. The quantitative estimate of drug-likeness (QED) is 0.915. The molecular weight excluding hydrogens is 324 g/mol. The van der Waals surface area contributed by atoms with Crippen LogP contribution in [-0.4, -0.2) is 15.7 Å². The standard InChI is InChI=1S/C19H19F2N3O/c1-9-11-6-7-13-15-12(19(9,11)13)4-3-5-14(15)22-18(25)10-8-24(2)23-16(10)17(20)21/h3-5,8-9,11,13,17H,6-7H2,1-2H3,(H,22,25). The largest absolute Gasteiger partial charge is 0.322 e. The van der Waals surface area contributed by atoms with E-state index in [-0.39, 0.29) is 5.56 Å². The van der Waals surface area contributed by atoms with Gasteiger partial charge in [-0.15, -0.1) is 0 Å². The summed E-state index contributed by atoms with van der Waals surface area (Å²) in [6.07, 6.45) is 0.977. The lowest BCUT2D eigenvalue weighted by molar-refractivity contribution is 0.101. The summed E-state index contributed by atoms with van der Waals surface area (Å²) >= 11 is 0. The number of hydrogen-bond acceptors (Lipinski definition) is 2. The summed E-state index contributed by atoms with van der Waals surface area (Å²) in [4.78, 5) is 12.6. The van der Waals surface area contributed by atoms with Gasteiger partial charge in [-0.3, -0.25) is 9.48 Å². The molecule has 0 saturated heterocycles. The van der Waals surface area contributed by atoms with Gasteiger partial charge in [-0.1, -0.05) is 19.1 Å². The highest BCUT2D eigenvalue weighted by atomic mass is 19.3. The number of rotatable bonds is 3. The lowest BCUT2D eigenvalue weighted by atomic mass is 9.63. The topological polar surface area (TPSA) is 46.9 Å². The van der Waals surface area contributed by atoms with Gasteiger partial charge in [-0.2, -0.15) is 5.10 Å². The molecule has 1 amide bonds. The maximum Gasteiger partial charge on any atom is 0.282 e. The number of carbonyl (C=O) groups excluding carboxylic acids is 1. The minimum atomic E-state index is -2.77. The number of hydrogen-bond donors (Lipinski definition) is 1. The Balaban J connectivity index is 1.48. The molecule has 2 aromatic rings. The third-order valence-electron chi connectivity index (χ3n) is 6.68. The van der Waals surface area contributed by atoms with Gasteiger partial charge in [0.1, 0.15) is 5.69 Å². The molecule has 2 saturated carbocycles. The molecule has 3 aliphatic carbocycles. The molecular formula is C19H19F2N3O. The maximum atomic E-state index is 13.1. The van der Waals surface area contributed by atoms with E-state index in [9.17, 15) is 13.6 Å². The molecule has 1 heterocycles. The van der Waals surface area contributed by atoms with Crippen LogP contribution in [0, 0.1) is 11.8 Å². The summed E-state index contributed by atoms with van der Waals surface area (Å²) in [6.45, 7) is 2.32. The Morgan fingerprint density at radius 3 is 2.92 bits per heavy atom. The number of anilines is 1. The molecule has 6 heteroatoms. The molecule has 4 nitrogen and oxygen atoms in total. The van der Waals surface area contributed by atoms with Crippen LogP contribution >= 0.6 is 0 Å². The van der Waals surface area contributed by atoms with E-state index in [2.05, 4.69) is 23.4 Å². The first-order valence-electron chi connectivity index (χ1n) is 8.72. The molecule has 0 bridgehead atoms. The van der Waals surface area contributed by atoms with Crippen LogP contribution in [0.5, 0.6) is 0 Å². The SMILES string of the molecule is CC1C2CCC3c4c(NC(=O)c5cn(C)nc5C(F)F)cccc4C312. The van der Waals surface area contributed by atoms with Gasteiger partial charge >= 0.3 is 0 Å². The van der Waals surface area contributed by atoms with Crippen molar-refractivity contribution in [1.29, 1.82) is 0 Å². The van der Waals surface area contributed by atoms with Gasteiger partial charge in [0.15, 0.2) is 0 Å². The summed E-state index contributed by atoms with van der Waals surface area (Å²) in [5.74, 6) is 1.48. The van der Waals surface area contributed by atoms with Crippen LogP contribution in [0.3, 0.4) is 0 Å². The van der Waals surface area contributed by atoms with Gasteiger partial charge in [0.25, 0.3) is 12.3 Å². The Morgan fingerprint density at radius 1 is 1.40 bits per heavy atom. The van der Waals surface area contributed by atoms with Gasteiger partial charge in [0.2, 0.25) is 0 Å². The van der Waals surface area contributed by atoms with Crippen molar-refractivity contribution in [1.82, 2.24) is 9.78 Å². The zero-order chi connectivity index (χ0) is 17.5. The minimum absolute atomic E-state index is 0.0618. The molecule has 1 N–H and O–H groups in total. The van der Waals surface area contributed by atoms with Gasteiger partial charge in [-0.05, 0) is 47.8 Å². The van der Waals surface area contributed by atoms with E-state index in [0.717, 1.165) is 18.0 Å². The molecule has 1 aromatic carbocycles. The molecule has 0 radical (unpaired) electrons. The Hall–Kier alpha value is -2.24. The predicted molar refractivity (Wildman–Crippen MR) is 88.9 cm³/mol. The van der Waals surface area contributed by atoms with E-state index < -0.39 is 18.0 Å². The fourth-order valence-electron chi connectivity index (χ4n) is 5.72. The fourth-order valence-corrected chi connectivity index (χ4v) is 5.72. The average Bonchev–Trinajstić information content (AvgIpc) is 2.88. The number of aromatic nitrogens is 2. The summed E-state index contributed by atoms with van der Waals surface area (Å²) in [6, 6.07) is 6.00. The van der Waals surface area contributed by atoms with Crippen molar-refractivity contribution >= 4 is 11.6 Å². The van der Waals surface area contributed by atoms with Crippen LogP contribution in [0.15, 0.2) is 24.4 Å². The first-order chi connectivity index (χ1) is 12.0. The number of amides is 1. The number of carbonyl (C=O) groups is 1. The molecule has 25 heavy (non-hydrogen) atoms. The van der Waals surface area contributed by atoms with E-state index in [0.29, 0.717) is 17.3 Å². The fraction of sp³-hybridized carbons (Fsp3) is 0.474. The first kappa shape index (κ1) is 15.0. The summed E-state index contributed by atoms with van der Waals surface area (Å²) in [7, 11) is 1.54. The van der Waals surface area contributed by atoms with Crippen molar-refractivity contribution in [2.24, 2.45) is 18.9 Å². The van der Waals surface area contributed by atoms with Gasteiger partial charge < -0.3 is 5.32 Å². The minimum Gasteiger partial charge on any atom is -0.322 e. The molecule has 2 fully saturated rings. The van der Waals surface area contributed by atoms with Crippen LogP contribution in [0.25, 0.3) is 0 Å². The van der Waals surface area contributed by atoms with Crippen LogP contribution in [-0.2, 0) is 12.5 Å². The molecule has 0 aliphatic heterocycles. The normalized spacial score (nSPS) is 31.2. The molecule has 1 aromatic heterocycles. The monoisotopic (exact) mass is 343 g/mol. The number of aryl methyl sites for hydroxylation is 1. The van der Waals surface area contributed by atoms with Crippen molar-refractivity contribution in [3.8, 4) is 0 Å².